The molecule has 0 aromatic heterocycles. The molecule has 3 aromatic rings. The van der Waals surface area contributed by atoms with Gasteiger partial charge in [0.25, 0.3) is 11.8 Å². The Bertz CT molecular complexity index is 944. The lowest BCUT2D eigenvalue weighted by molar-refractivity contribution is 0.0846. The number of nitrogens with one attached hydrogen (secondary N) is 2. The Hall–Kier alpha value is -3.12. The van der Waals surface area contributed by atoms with E-state index < -0.39 is 11.8 Å². The lowest BCUT2D eigenvalue weighted by Gasteiger charge is -2.10. The van der Waals surface area contributed by atoms with Crippen LogP contribution in [-0.2, 0) is 6.42 Å². The Morgan fingerprint density at radius 1 is 0.786 bits per heavy atom. The van der Waals surface area contributed by atoms with Crippen molar-refractivity contribution in [1.82, 2.24) is 10.9 Å². The second kappa shape index (κ2) is 9.71. The molecule has 6 heteroatoms. The van der Waals surface area contributed by atoms with E-state index in [1.165, 1.54) is 5.56 Å². The van der Waals surface area contributed by atoms with Crippen LogP contribution in [-0.4, -0.2) is 18.4 Å². The van der Waals surface area contributed by atoms with Crippen molar-refractivity contribution >= 4 is 27.7 Å². The number of hydrogen-bond acceptors (Lipinski definition) is 3. The molecule has 3 rings (SSSR count). The van der Waals surface area contributed by atoms with Gasteiger partial charge < -0.3 is 4.74 Å². The largest absolute Gasteiger partial charge is 0.493 e. The smallest absolute Gasteiger partial charge is 0.270 e. The average molecular weight is 439 g/mol. The zero-order valence-electron chi connectivity index (χ0n) is 15.0. The maximum absolute atomic E-state index is 12.2. The molecule has 0 fully saturated rings. The molecule has 0 radical (unpaired) electrons. The molecule has 0 spiro atoms. The molecule has 28 heavy (non-hydrogen) atoms. The molecule has 0 atom stereocenters. The number of halogens is 1. The van der Waals surface area contributed by atoms with Crippen molar-refractivity contribution in [2.45, 2.75) is 6.42 Å². The van der Waals surface area contributed by atoms with Crippen molar-refractivity contribution in [2.75, 3.05) is 6.61 Å². The highest BCUT2D eigenvalue weighted by Gasteiger charge is 2.11. The molecule has 2 N–H and O–H groups in total. The Morgan fingerprint density at radius 3 is 2.14 bits per heavy atom. The van der Waals surface area contributed by atoms with E-state index in [2.05, 4.69) is 38.9 Å². The summed E-state index contributed by atoms with van der Waals surface area (Å²) >= 11 is 3.30. The lowest BCUT2D eigenvalue weighted by atomic mass is 10.2. The molecule has 0 aliphatic heterocycles. The number of hydrogen-bond donors (Lipinski definition) is 2. The van der Waals surface area contributed by atoms with Crippen LogP contribution in [0, 0.1) is 0 Å². The molecular formula is C22H19BrN2O3. The maximum Gasteiger partial charge on any atom is 0.270 e. The van der Waals surface area contributed by atoms with Gasteiger partial charge >= 0.3 is 0 Å². The first kappa shape index (κ1) is 19.6. The minimum atomic E-state index is -0.406. The molecule has 0 heterocycles. The highest BCUT2D eigenvalue weighted by atomic mass is 79.9. The zero-order valence-corrected chi connectivity index (χ0v) is 16.6. The summed E-state index contributed by atoms with van der Waals surface area (Å²) in [6, 6.07) is 23.8. The molecule has 0 aliphatic carbocycles. The van der Waals surface area contributed by atoms with Gasteiger partial charge in [0.15, 0.2) is 0 Å². The van der Waals surface area contributed by atoms with Crippen LogP contribution in [0.25, 0.3) is 0 Å². The van der Waals surface area contributed by atoms with Gasteiger partial charge in [-0.2, -0.15) is 0 Å². The van der Waals surface area contributed by atoms with E-state index in [0.29, 0.717) is 28.0 Å². The Balaban J connectivity index is 1.48. The summed E-state index contributed by atoms with van der Waals surface area (Å²) < 4.78 is 6.36. The minimum absolute atomic E-state index is 0.401. The number of carbonyl (C=O) groups excluding carboxylic acids is 2. The van der Waals surface area contributed by atoms with Crippen LogP contribution in [0.3, 0.4) is 0 Å². The quantitative estimate of drug-likeness (QED) is 0.568. The summed E-state index contributed by atoms with van der Waals surface area (Å²) in [5, 5.41) is 0. The fourth-order valence-corrected chi connectivity index (χ4v) is 3.00. The van der Waals surface area contributed by atoms with Crippen molar-refractivity contribution in [2.24, 2.45) is 0 Å². The Kier molecular flexibility index (Phi) is 6.81. The SMILES string of the molecule is O=C(NNC(=O)c1ccccc1Br)c1ccc(OCCc2ccccc2)cc1. The highest BCUT2D eigenvalue weighted by Crippen LogP contribution is 2.15. The zero-order chi connectivity index (χ0) is 19.8. The number of hydrazine groups is 1. The monoisotopic (exact) mass is 438 g/mol. The first-order chi connectivity index (χ1) is 13.6. The van der Waals surface area contributed by atoms with Crippen LogP contribution >= 0.6 is 15.9 Å². The number of ether oxygens (including phenoxy) is 1. The van der Waals surface area contributed by atoms with Gasteiger partial charge in [0.1, 0.15) is 5.75 Å². The molecule has 0 saturated carbocycles. The summed E-state index contributed by atoms with van der Waals surface area (Å²) in [5.74, 6) is -0.123. The van der Waals surface area contributed by atoms with Crippen LogP contribution in [0.15, 0.2) is 83.3 Å². The van der Waals surface area contributed by atoms with Gasteiger partial charge in [0.2, 0.25) is 0 Å². The van der Waals surface area contributed by atoms with Crippen LogP contribution in [0.2, 0.25) is 0 Å². The topological polar surface area (TPSA) is 67.4 Å². The molecule has 0 unspecified atom stereocenters. The number of rotatable bonds is 6. The summed E-state index contributed by atoms with van der Waals surface area (Å²) in [5.41, 5.74) is 6.88. The minimum Gasteiger partial charge on any atom is -0.493 e. The van der Waals surface area contributed by atoms with E-state index in [0.717, 1.165) is 6.42 Å². The summed E-state index contributed by atoms with van der Waals surface area (Å²) in [4.78, 5) is 24.3. The van der Waals surface area contributed by atoms with Crippen molar-refractivity contribution < 1.29 is 14.3 Å². The predicted molar refractivity (Wildman–Crippen MR) is 111 cm³/mol. The van der Waals surface area contributed by atoms with Crippen molar-refractivity contribution in [1.29, 1.82) is 0 Å². The molecule has 2 amide bonds. The highest BCUT2D eigenvalue weighted by molar-refractivity contribution is 9.10. The van der Waals surface area contributed by atoms with Crippen LogP contribution in [0.1, 0.15) is 26.3 Å². The molecule has 0 saturated heterocycles. The molecule has 0 aliphatic rings. The van der Waals surface area contributed by atoms with Gasteiger partial charge in [0.05, 0.1) is 12.2 Å². The maximum atomic E-state index is 12.2. The first-order valence-electron chi connectivity index (χ1n) is 8.75. The van der Waals surface area contributed by atoms with Gasteiger partial charge in [-0.05, 0) is 57.9 Å². The average Bonchev–Trinajstić information content (AvgIpc) is 2.73. The predicted octanol–water partition coefficient (Wildman–Crippen LogP) is 4.15. The van der Waals surface area contributed by atoms with Crippen molar-refractivity contribution in [3.63, 3.8) is 0 Å². The van der Waals surface area contributed by atoms with E-state index in [4.69, 9.17) is 4.74 Å². The third-order valence-corrected chi connectivity index (χ3v) is 4.72. The number of amides is 2. The third-order valence-electron chi connectivity index (χ3n) is 4.03. The lowest BCUT2D eigenvalue weighted by Crippen LogP contribution is -2.41. The first-order valence-corrected chi connectivity index (χ1v) is 9.55. The van der Waals surface area contributed by atoms with Gasteiger partial charge in [0, 0.05) is 16.5 Å². The van der Waals surface area contributed by atoms with E-state index in [1.807, 2.05) is 24.3 Å². The van der Waals surface area contributed by atoms with E-state index in [9.17, 15) is 9.59 Å². The summed E-state index contributed by atoms with van der Waals surface area (Å²) in [6.07, 6.45) is 0.810. The summed E-state index contributed by atoms with van der Waals surface area (Å²) in [7, 11) is 0. The number of carbonyl (C=O) groups is 2. The third kappa shape index (κ3) is 5.44. The fraction of sp³-hybridized carbons (Fsp3) is 0.0909. The van der Waals surface area contributed by atoms with E-state index >= 15 is 0 Å². The Morgan fingerprint density at radius 2 is 1.43 bits per heavy atom. The van der Waals surface area contributed by atoms with Crippen LogP contribution in [0.4, 0.5) is 0 Å². The molecule has 3 aromatic carbocycles. The molecule has 5 nitrogen and oxygen atoms in total. The van der Waals surface area contributed by atoms with Crippen LogP contribution < -0.4 is 15.6 Å². The van der Waals surface area contributed by atoms with Crippen molar-refractivity contribution in [3.05, 3.63) is 100 Å². The van der Waals surface area contributed by atoms with Gasteiger partial charge in [-0.25, -0.2) is 0 Å². The fourth-order valence-electron chi connectivity index (χ4n) is 2.53. The van der Waals surface area contributed by atoms with Gasteiger partial charge in [-0.1, -0.05) is 42.5 Å². The standard InChI is InChI=1S/C22H19BrN2O3/c23-20-9-5-4-8-19(20)22(27)25-24-21(26)17-10-12-18(13-11-17)28-15-14-16-6-2-1-3-7-16/h1-13H,14-15H2,(H,24,26)(H,25,27). The van der Waals surface area contributed by atoms with Gasteiger partial charge in [-0.3, -0.25) is 20.4 Å². The molecule has 142 valence electrons. The van der Waals surface area contributed by atoms with Gasteiger partial charge in [-0.15, -0.1) is 0 Å². The second-order valence-electron chi connectivity index (χ2n) is 6.00. The molecular weight excluding hydrogens is 420 g/mol. The van der Waals surface area contributed by atoms with Crippen LogP contribution in [0.5, 0.6) is 5.75 Å². The number of benzene rings is 3. The normalized spacial score (nSPS) is 10.2. The Labute approximate surface area is 171 Å². The summed E-state index contributed by atoms with van der Waals surface area (Å²) in [6.45, 7) is 0.553. The van der Waals surface area contributed by atoms with E-state index in [-0.39, 0.29) is 0 Å². The van der Waals surface area contributed by atoms with E-state index in [1.54, 1.807) is 42.5 Å². The second-order valence-corrected chi connectivity index (χ2v) is 6.85. The van der Waals surface area contributed by atoms with Crippen molar-refractivity contribution in [3.8, 4) is 5.75 Å². The molecule has 0 bridgehead atoms.